The summed E-state index contributed by atoms with van der Waals surface area (Å²) in [5, 5.41) is 0.498. The molecule has 0 N–H and O–H groups in total. The van der Waals surface area contributed by atoms with Crippen molar-refractivity contribution in [2.45, 2.75) is 71.6 Å². The fourth-order valence-corrected chi connectivity index (χ4v) is 12.4. The van der Waals surface area contributed by atoms with Gasteiger partial charge >= 0.3 is 0 Å². The fraction of sp³-hybridized carbons (Fsp3) is 1.00. The zero-order chi connectivity index (χ0) is 12.5. The molecule has 0 amide bonds. The Morgan fingerprint density at radius 1 is 1.00 bits per heavy atom. The van der Waals surface area contributed by atoms with E-state index in [0.717, 1.165) is 4.95 Å². The molecule has 0 atom stereocenters. The fourth-order valence-electron chi connectivity index (χ4n) is 2.31. The van der Waals surface area contributed by atoms with Crippen LogP contribution in [0, 0.1) is 0 Å². The summed E-state index contributed by atoms with van der Waals surface area (Å²) in [6, 6.07) is 0. The van der Waals surface area contributed by atoms with E-state index in [9.17, 15) is 0 Å². The third-order valence-corrected chi connectivity index (χ3v) is 11.5. The lowest BCUT2D eigenvalue weighted by atomic mass is 10.2. The molecular formula is C12H27BrOSi. The number of rotatable bonds is 3. The van der Waals surface area contributed by atoms with Gasteiger partial charge in [0.05, 0.1) is 0 Å². The summed E-state index contributed by atoms with van der Waals surface area (Å²) in [6.07, 6.45) is 0.313. The van der Waals surface area contributed by atoms with Crippen molar-refractivity contribution in [3.05, 3.63) is 0 Å². The Bertz CT molecular complexity index is 187. The van der Waals surface area contributed by atoms with Gasteiger partial charge in [0.2, 0.25) is 8.32 Å². The molecule has 3 heteroatoms. The van der Waals surface area contributed by atoms with Gasteiger partial charge in [-0.2, -0.15) is 0 Å². The van der Waals surface area contributed by atoms with E-state index in [0.29, 0.717) is 6.10 Å². The van der Waals surface area contributed by atoms with Crippen LogP contribution in [0.2, 0.25) is 10.1 Å². The summed E-state index contributed by atoms with van der Waals surface area (Å²) in [5.74, 6) is 0. The van der Waals surface area contributed by atoms with E-state index in [1.54, 1.807) is 0 Å². The van der Waals surface area contributed by atoms with E-state index in [1.165, 1.54) is 0 Å². The van der Waals surface area contributed by atoms with Gasteiger partial charge in [0.1, 0.15) is 0 Å². The second-order valence-electron chi connectivity index (χ2n) is 6.63. The van der Waals surface area contributed by atoms with Crippen molar-refractivity contribution in [3.8, 4) is 0 Å². The molecule has 15 heavy (non-hydrogen) atoms. The van der Waals surface area contributed by atoms with Crippen LogP contribution in [0.1, 0.15) is 55.4 Å². The maximum absolute atomic E-state index is 6.41. The van der Waals surface area contributed by atoms with E-state index in [4.69, 9.17) is 4.43 Å². The minimum atomic E-state index is -1.82. The van der Waals surface area contributed by atoms with Gasteiger partial charge in [-0.25, -0.2) is 0 Å². The van der Waals surface area contributed by atoms with Crippen LogP contribution < -0.4 is 0 Å². The monoisotopic (exact) mass is 294 g/mol. The van der Waals surface area contributed by atoms with Gasteiger partial charge < -0.3 is 4.43 Å². The number of hydrogen-bond donors (Lipinski definition) is 0. The highest BCUT2D eigenvalue weighted by molar-refractivity contribution is 9.09. The van der Waals surface area contributed by atoms with Crippen LogP contribution in [-0.4, -0.2) is 19.4 Å². The summed E-state index contributed by atoms with van der Waals surface area (Å²) in [4.78, 5) is 1.01. The summed E-state index contributed by atoms with van der Waals surface area (Å²) >= 11 is 3.71. The molecule has 0 radical (unpaired) electrons. The predicted molar refractivity (Wildman–Crippen MR) is 75.2 cm³/mol. The molecule has 0 aliphatic carbocycles. The van der Waals surface area contributed by atoms with Gasteiger partial charge in [0.25, 0.3) is 0 Å². The van der Waals surface area contributed by atoms with Crippen molar-refractivity contribution in [1.29, 1.82) is 0 Å². The van der Waals surface area contributed by atoms with Crippen molar-refractivity contribution in [3.63, 3.8) is 0 Å². The minimum Gasteiger partial charge on any atom is -0.413 e. The Hall–Kier alpha value is 0.657. The second-order valence-corrected chi connectivity index (χ2v) is 13.5. The summed E-state index contributed by atoms with van der Waals surface area (Å²) in [6.45, 7) is 18.2. The van der Waals surface area contributed by atoms with Crippen molar-refractivity contribution in [2.24, 2.45) is 0 Å². The van der Waals surface area contributed by atoms with Crippen LogP contribution >= 0.6 is 15.9 Å². The molecule has 0 spiro atoms. The minimum absolute atomic E-state index is 0.249. The van der Waals surface area contributed by atoms with Gasteiger partial charge in [-0.15, -0.1) is 0 Å². The molecule has 0 rings (SSSR count). The topological polar surface area (TPSA) is 9.23 Å². The highest BCUT2D eigenvalue weighted by atomic mass is 79.9. The molecular weight excluding hydrogens is 268 g/mol. The smallest absolute Gasteiger partial charge is 0.214 e. The van der Waals surface area contributed by atoms with Crippen molar-refractivity contribution in [2.75, 3.05) is 4.95 Å². The average molecular weight is 295 g/mol. The number of hydrogen-bond acceptors (Lipinski definition) is 1. The quantitative estimate of drug-likeness (QED) is 0.532. The molecule has 0 aliphatic rings. The molecule has 0 fully saturated rings. The van der Waals surface area contributed by atoms with Gasteiger partial charge in [-0.3, -0.25) is 0 Å². The van der Waals surface area contributed by atoms with Crippen LogP contribution in [0.25, 0.3) is 0 Å². The predicted octanol–water partition coefficient (Wildman–Crippen LogP) is 4.89. The van der Waals surface area contributed by atoms with Gasteiger partial charge in [0.15, 0.2) is 0 Å². The van der Waals surface area contributed by atoms with Crippen LogP contribution in [-0.2, 0) is 4.43 Å². The summed E-state index contributed by atoms with van der Waals surface area (Å²) in [5.41, 5.74) is 0. The Morgan fingerprint density at radius 2 is 1.33 bits per heavy atom. The molecule has 0 aromatic carbocycles. The maximum atomic E-state index is 6.41. The zero-order valence-electron chi connectivity index (χ0n) is 11.6. The molecule has 0 aliphatic heterocycles. The van der Waals surface area contributed by atoms with Gasteiger partial charge in [-0.1, -0.05) is 57.5 Å². The largest absolute Gasteiger partial charge is 0.413 e. The molecule has 0 heterocycles. The Labute approximate surface area is 105 Å². The maximum Gasteiger partial charge on any atom is 0.214 e. The third kappa shape index (κ3) is 3.30. The third-order valence-electron chi connectivity index (χ3n) is 3.05. The van der Waals surface area contributed by atoms with E-state index < -0.39 is 8.32 Å². The van der Waals surface area contributed by atoms with E-state index in [2.05, 4.69) is 71.3 Å². The second kappa shape index (κ2) is 4.88. The first-order chi connectivity index (χ1) is 6.48. The van der Waals surface area contributed by atoms with Crippen LogP contribution in [0.4, 0.5) is 0 Å². The van der Waals surface area contributed by atoms with E-state index in [1.807, 2.05) is 0 Å². The number of alkyl halides is 1. The first kappa shape index (κ1) is 15.7. The molecule has 0 bridgehead atoms. The molecule has 0 saturated heterocycles. The van der Waals surface area contributed by atoms with Crippen molar-refractivity contribution >= 4 is 24.2 Å². The van der Waals surface area contributed by atoms with Crippen LogP contribution in [0.3, 0.4) is 0 Å². The summed E-state index contributed by atoms with van der Waals surface area (Å²) in [7, 11) is -1.82. The lowest BCUT2D eigenvalue weighted by molar-refractivity contribution is 0.198. The Morgan fingerprint density at radius 3 is 1.40 bits per heavy atom. The standard InChI is InChI=1S/C12H27BrOSi/c1-10(2)14-15(9-13,11(3,4)5)12(6,7)8/h10H,9H2,1-8H3. The summed E-state index contributed by atoms with van der Waals surface area (Å²) < 4.78 is 6.41. The van der Waals surface area contributed by atoms with Crippen LogP contribution in [0.15, 0.2) is 0 Å². The first-order valence-corrected chi connectivity index (χ1v) is 8.95. The highest BCUT2D eigenvalue weighted by Gasteiger charge is 2.54. The van der Waals surface area contributed by atoms with Gasteiger partial charge in [0, 0.05) is 11.1 Å². The normalized spacial score (nSPS) is 14.8. The van der Waals surface area contributed by atoms with Crippen LogP contribution in [0.5, 0.6) is 0 Å². The Balaban J connectivity index is 5.33. The van der Waals surface area contributed by atoms with E-state index >= 15 is 0 Å². The average Bonchev–Trinajstić information content (AvgIpc) is 1.94. The van der Waals surface area contributed by atoms with E-state index in [-0.39, 0.29) is 10.1 Å². The zero-order valence-corrected chi connectivity index (χ0v) is 14.2. The molecule has 0 aromatic heterocycles. The molecule has 0 unspecified atom stereocenters. The molecule has 0 saturated carbocycles. The van der Waals surface area contributed by atoms with Gasteiger partial charge in [-0.05, 0) is 23.9 Å². The first-order valence-electron chi connectivity index (χ1n) is 5.72. The Kier molecular flexibility index (Phi) is 5.10. The lowest BCUT2D eigenvalue weighted by Gasteiger charge is -2.50. The number of halogens is 1. The highest BCUT2D eigenvalue weighted by Crippen LogP contribution is 2.52. The molecule has 92 valence electrons. The van der Waals surface area contributed by atoms with Crippen molar-refractivity contribution < 1.29 is 4.43 Å². The molecule has 1 nitrogen and oxygen atoms in total. The molecule has 0 aromatic rings. The lowest BCUT2D eigenvalue weighted by Crippen LogP contribution is -2.57. The SMILES string of the molecule is CC(C)O[Si](CBr)(C(C)(C)C)C(C)(C)C. The van der Waals surface area contributed by atoms with Crippen molar-refractivity contribution in [1.82, 2.24) is 0 Å².